The molecule has 3 aromatic rings. The van der Waals surface area contributed by atoms with E-state index >= 15 is 0 Å². The minimum Gasteiger partial charge on any atom is -0.497 e. The third kappa shape index (κ3) is 3.62. The van der Waals surface area contributed by atoms with Gasteiger partial charge in [-0.05, 0) is 72.4 Å². The first-order valence-electron chi connectivity index (χ1n) is 11.6. The van der Waals surface area contributed by atoms with Crippen LogP contribution in [0.25, 0.3) is 10.9 Å². The number of rotatable bonds is 7. The number of carbonyl (C=O) groups excluding carboxylic acids is 1. The quantitative estimate of drug-likeness (QED) is 0.480. The molecule has 32 heavy (non-hydrogen) atoms. The van der Waals surface area contributed by atoms with E-state index in [0.717, 1.165) is 30.0 Å². The van der Waals surface area contributed by atoms with E-state index < -0.39 is 0 Å². The SMILES string of the molecule is COc1ccc(C(=O)N(CCc2c[nH]c3ccccc23)CC2=CCC3CC2C3(C)C)cc1. The molecule has 2 aromatic carbocycles. The molecule has 4 nitrogen and oxygen atoms in total. The second-order valence-corrected chi connectivity index (χ2v) is 9.89. The molecule has 1 saturated carbocycles. The first-order valence-corrected chi connectivity index (χ1v) is 11.6. The lowest BCUT2D eigenvalue weighted by atomic mass is 9.49. The minimum atomic E-state index is 0.0904. The van der Waals surface area contributed by atoms with Crippen molar-refractivity contribution >= 4 is 16.8 Å². The predicted octanol–water partition coefficient (Wildman–Crippen LogP) is 5.85. The Balaban J connectivity index is 1.39. The Morgan fingerprint density at radius 2 is 1.94 bits per heavy atom. The number of benzene rings is 2. The van der Waals surface area contributed by atoms with E-state index in [2.05, 4.69) is 49.3 Å². The Bertz CT molecular complexity index is 1160. The molecular weight excluding hydrogens is 396 g/mol. The number of methoxy groups -OCH3 is 1. The van der Waals surface area contributed by atoms with Gasteiger partial charge in [0, 0.05) is 35.8 Å². The van der Waals surface area contributed by atoms with Gasteiger partial charge in [0.1, 0.15) is 5.75 Å². The maximum atomic E-state index is 13.6. The molecule has 0 saturated heterocycles. The Morgan fingerprint density at radius 3 is 2.66 bits per heavy atom. The summed E-state index contributed by atoms with van der Waals surface area (Å²) in [6.45, 7) is 6.19. The van der Waals surface area contributed by atoms with Crippen molar-refractivity contribution in [2.75, 3.05) is 20.2 Å². The number of aromatic nitrogens is 1. The van der Waals surface area contributed by atoms with Crippen LogP contribution in [0.5, 0.6) is 5.75 Å². The van der Waals surface area contributed by atoms with Crippen LogP contribution < -0.4 is 4.74 Å². The molecular formula is C28H32N2O2. The van der Waals surface area contributed by atoms with Crippen LogP contribution in [-0.4, -0.2) is 36.0 Å². The van der Waals surface area contributed by atoms with Gasteiger partial charge in [0.15, 0.2) is 0 Å². The largest absolute Gasteiger partial charge is 0.497 e. The van der Waals surface area contributed by atoms with Crippen LogP contribution >= 0.6 is 0 Å². The van der Waals surface area contributed by atoms with Crippen LogP contribution in [0, 0.1) is 17.3 Å². The Hall–Kier alpha value is -3.01. The van der Waals surface area contributed by atoms with E-state index in [0.29, 0.717) is 30.0 Å². The molecule has 1 heterocycles. The van der Waals surface area contributed by atoms with Gasteiger partial charge in [0.2, 0.25) is 0 Å². The summed E-state index contributed by atoms with van der Waals surface area (Å²) < 4.78 is 5.27. The molecule has 3 aliphatic carbocycles. The number of aromatic amines is 1. The molecule has 1 amide bonds. The number of hydrogen-bond acceptors (Lipinski definition) is 2. The monoisotopic (exact) mass is 428 g/mol. The van der Waals surface area contributed by atoms with Crippen LogP contribution in [-0.2, 0) is 6.42 Å². The number of amides is 1. The van der Waals surface area contributed by atoms with E-state index in [1.54, 1.807) is 7.11 Å². The van der Waals surface area contributed by atoms with Gasteiger partial charge in [-0.25, -0.2) is 0 Å². The summed E-state index contributed by atoms with van der Waals surface area (Å²) in [5.74, 6) is 2.26. The average Bonchev–Trinajstić information content (AvgIpc) is 3.24. The molecule has 4 heteroatoms. The molecule has 0 aliphatic heterocycles. The molecule has 0 radical (unpaired) electrons. The molecule has 0 spiro atoms. The summed E-state index contributed by atoms with van der Waals surface area (Å²) in [7, 11) is 1.65. The number of hydrogen-bond donors (Lipinski definition) is 1. The van der Waals surface area contributed by atoms with Gasteiger partial charge in [-0.2, -0.15) is 0 Å². The molecule has 1 N–H and O–H groups in total. The van der Waals surface area contributed by atoms with Crippen molar-refractivity contribution in [2.45, 2.75) is 33.1 Å². The number of nitrogens with zero attached hydrogens (tertiary/aromatic N) is 1. The second kappa shape index (κ2) is 8.16. The van der Waals surface area contributed by atoms with Gasteiger partial charge >= 0.3 is 0 Å². The number of fused-ring (bicyclic) bond motifs is 2. The normalized spacial score (nSPS) is 21.0. The number of para-hydroxylation sites is 1. The molecule has 1 aromatic heterocycles. The molecule has 166 valence electrons. The zero-order valence-electron chi connectivity index (χ0n) is 19.2. The highest BCUT2D eigenvalue weighted by atomic mass is 16.5. The highest BCUT2D eigenvalue weighted by Crippen LogP contribution is 2.59. The van der Waals surface area contributed by atoms with Crippen molar-refractivity contribution in [3.05, 3.63) is 77.5 Å². The molecule has 6 rings (SSSR count). The van der Waals surface area contributed by atoms with Crippen molar-refractivity contribution < 1.29 is 9.53 Å². The van der Waals surface area contributed by atoms with Crippen LogP contribution in [0.1, 0.15) is 42.6 Å². The third-order valence-electron chi connectivity index (χ3n) is 7.91. The lowest BCUT2D eigenvalue weighted by molar-refractivity contribution is -0.0102. The van der Waals surface area contributed by atoms with Gasteiger partial charge in [-0.15, -0.1) is 0 Å². The topological polar surface area (TPSA) is 45.3 Å². The van der Waals surface area contributed by atoms with Crippen molar-refractivity contribution in [1.29, 1.82) is 0 Å². The summed E-state index contributed by atoms with van der Waals surface area (Å²) in [4.78, 5) is 19.0. The number of allylic oxidation sites excluding steroid dienone is 1. The van der Waals surface area contributed by atoms with Crippen molar-refractivity contribution in [2.24, 2.45) is 17.3 Å². The van der Waals surface area contributed by atoms with Crippen LogP contribution in [0.4, 0.5) is 0 Å². The van der Waals surface area contributed by atoms with E-state index in [4.69, 9.17) is 4.74 Å². The van der Waals surface area contributed by atoms with Crippen LogP contribution in [0.15, 0.2) is 66.4 Å². The Kier molecular flexibility index (Phi) is 5.32. The van der Waals surface area contributed by atoms with Crippen molar-refractivity contribution in [3.8, 4) is 5.75 Å². The smallest absolute Gasteiger partial charge is 0.254 e. The highest BCUT2D eigenvalue weighted by molar-refractivity contribution is 5.94. The van der Waals surface area contributed by atoms with Gasteiger partial charge in [-0.1, -0.05) is 43.7 Å². The van der Waals surface area contributed by atoms with E-state index in [-0.39, 0.29) is 5.91 Å². The standard InChI is InChI=1S/C28H32N2O2/c1-28(2)22-11-8-21(25(28)16-22)18-30(27(31)19-9-12-23(32-3)13-10-19)15-14-20-17-29-26-7-5-4-6-24(20)26/h4-10,12-13,17,22,25,29H,11,14-16,18H2,1-3H3. The van der Waals surface area contributed by atoms with Gasteiger partial charge in [0.05, 0.1) is 7.11 Å². The molecule has 2 atom stereocenters. The fourth-order valence-electron chi connectivity index (χ4n) is 5.64. The molecule has 2 bridgehead atoms. The first-order chi connectivity index (χ1) is 15.5. The number of carbonyl (C=O) groups is 1. The summed E-state index contributed by atoms with van der Waals surface area (Å²) in [5, 5.41) is 1.24. The summed E-state index contributed by atoms with van der Waals surface area (Å²) in [6, 6.07) is 15.8. The van der Waals surface area contributed by atoms with E-state index in [1.807, 2.05) is 35.2 Å². The summed E-state index contributed by atoms with van der Waals surface area (Å²) in [5.41, 5.74) is 4.92. The zero-order valence-corrected chi connectivity index (χ0v) is 19.2. The lowest BCUT2D eigenvalue weighted by Crippen LogP contribution is -2.50. The third-order valence-corrected chi connectivity index (χ3v) is 7.91. The van der Waals surface area contributed by atoms with Gasteiger partial charge < -0.3 is 14.6 Å². The van der Waals surface area contributed by atoms with Crippen molar-refractivity contribution in [3.63, 3.8) is 0 Å². The average molecular weight is 429 g/mol. The second-order valence-electron chi connectivity index (χ2n) is 9.89. The van der Waals surface area contributed by atoms with Crippen molar-refractivity contribution in [1.82, 2.24) is 9.88 Å². The van der Waals surface area contributed by atoms with E-state index in [1.165, 1.54) is 22.9 Å². The Labute approximate surface area is 190 Å². The number of H-pyrrole nitrogens is 1. The van der Waals surface area contributed by atoms with Crippen LogP contribution in [0.3, 0.4) is 0 Å². The molecule has 3 aliphatic rings. The zero-order chi connectivity index (χ0) is 22.3. The van der Waals surface area contributed by atoms with Gasteiger partial charge in [-0.3, -0.25) is 4.79 Å². The number of ether oxygens (including phenoxy) is 1. The molecule has 2 unspecified atom stereocenters. The maximum Gasteiger partial charge on any atom is 0.254 e. The lowest BCUT2D eigenvalue weighted by Gasteiger charge is -2.57. The maximum absolute atomic E-state index is 13.6. The van der Waals surface area contributed by atoms with Crippen LogP contribution in [0.2, 0.25) is 0 Å². The van der Waals surface area contributed by atoms with Gasteiger partial charge in [0.25, 0.3) is 5.91 Å². The Morgan fingerprint density at radius 1 is 1.16 bits per heavy atom. The fraction of sp³-hybridized carbons (Fsp3) is 0.393. The number of nitrogens with one attached hydrogen (secondary N) is 1. The highest BCUT2D eigenvalue weighted by Gasteiger charge is 2.51. The molecule has 1 fully saturated rings. The first kappa shape index (κ1) is 20.9. The minimum absolute atomic E-state index is 0.0904. The summed E-state index contributed by atoms with van der Waals surface area (Å²) >= 11 is 0. The predicted molar refractivity (Wildman–Crippen MR) is 129 cm³/mol. The fourth-order valence-corrected chi connectivity index (χ4v) is 5.64. The van der Waals surface area contributed by atoms with E-state index in [9.17, 15) is 4.79 Å². The summed E-state index contributed by atoms with van der Waals surface area (Å²) in [6.07, 6.45) is 7.73.